The average Bonchev–Trinajstić information content (AvgIpc) is 3.22. The molecule has 2 aromatic rings. The summed E-state index contributed by atoms with van der Waals surface area (Å²) in [5, 5.41) is 11.0. The molecule has 1 aromatic heterocycles. The fraction of sp³-hybridized carbons (Fsp3) is 0.414. The largest absolute Gasteiger partial charge is 0.462 e. The number of nitriles is 1. The van der Waals surface area contributed by atoms with Gasteiger partial charge in [0.2, 0.25) is 0 Å². The molecule has 1 atom stereocenters. The standard InChI is InChI=1S/C29H31N3O3S/c1-4-35-28(34)24-18-12-8-9-13-22(18)36-27(24)32-20-14-29(2,3)15-21(33)25(20)23(19(16-30)26(32)31)17-10-6-5-7-11-17/h5-7,10-11,23H,4,8-9,12-15,31H2,1-3H3. The third-order valence-electron chi connectivity index (χ3n) is 7.35. The molecule has 0 bridgehead atoms. The van der Waals surface area contributed by atoms with Crippen LogP contribution in [0.4, 0.5) is 5.00 Å². The van der Waals surface area contributed by atoms with E-state index in [1.54, 1.807) is 18.3 Å². The van der Waals surface area contributed by atoms with Crippen LogP contribution < -0.4 is 10.6 Å². The lowest BCUT2D eigenvalue weighted by Gasteiger charge is -2.43. The van der Waals surface area contributed by atoms with Gasteiger partial charge in [0.25, 0.3) is 0 Å². The first kappa shape index (κ1) is 24.3. The van der Waals surface area contributed by atoms with Gasteiger partial charge in [-0.3, -0.25) is 9.69 Å². The molecule has 0 spiro atoms. The lowest BCUT2D eigenvalue weighted by Crippen LogP contribution is -2.42. The number of benzene rings is 1. The number of nitrogens with two attached hydrogens (primary N) is 1. The summed E-state index contributed by atoms with van der Waals surface area (Å²) < 4.78 is 5.50. The van der Waals surface area contributed by atoms with Crippen LogP contribution in [0.15, 0.2) is 53.0 Å². The Balaban J connectivity index is 1.79. The summed E-state index contributed by atoms with van der Waals surface area (Å²) in [6.07, 6.45) is 4.80. The number of ether oxygens (including phenoxy) is 1. The highest BCUT2D eigenvalue weighted by Crippen LogP contribution is 2.53. The minimum absolute atomic E-state index is 0.0272. The molecule has 7 heteroatoms. The van der Waals surface area contributed by atoms with Gasteiger partial charge in [-0.15, -0.1) is 11.3 Å². The molecule has 1 aromatic carbocycles. The van der Waals surface area contributed by atoms with Gasteiger partial charge in [-0.05, 0) is 55.6 Å². The lowest BCUT2D eigenvalue weighted by molar-refractivity contribution is -0.118. The van der Waals surface area contributed by atoms with Crippen molar-refractivity contribution in [2.75, 3.05) is 11.5 Å². The fourth-order valence-corrected chi connectivity index (χ4v) is 7.26. The van der Waals surface area contributed by atoms with E-state index in [9.17, 15) is 14.9 Å². The van der Waals surface area contributed by atoms with Crippen LogP contribution in [0.2, 0.25) is 0 Å². The first-order chi connectivity index (χ1) is 17.3. The summed E-state index contributed by atoms with van der Waals surface area (Å²) in [5.41, 5.74) is 10.7. The van der Waals surface area contributed by atoms with Crippen molar-refractivity contribution in [3.63, 3.8) is 0 Å². The van der Waals surface area contributed by atoms with E-state index in [4.69, 9.17) is 10.5 Å². The van der Waals surface area contributed by atoms with Gasteiger partial charge >= 0.3 is 5.97 Å². The van der Waals surface area contributed by atoms with Crippen molar-refractivity contribution < 1.29 is 14.3 Å². The highest BCUT2D eigenvalue weighted by molar-refractivity contribution is 7.16. The minimum atomic E-state index is -0.522. The molecule has 3 aliphatic rings. The number of anilines is 1. The lowest BCUT2D eigenvalue weighted by atomic mass is 9.68. The number of fused-ring (bicyclic) bond motifs is 1. The Morgan fingerprint density at radius 1 is 1.22 bits per heavy atom. The molecular weight excluding hydrogens is 470 g/mol. The highest BCUT2D eigenvalue weighted by atomic mass is 32.1. The van der Waals surface area contributed by atoms with Crippen molar-refractivity contribution in [3.05, 3.63) is 74.6 Å². The van der Waals surface area contributed by atoms with Crippen LogP contribution in [0.25, 0.3) is 0 Å². The summed E-state index contributed by atoms with van der Waals surface area (Å²) in [6, 6.07) is 12.0. The molecule has 186 valence electrons. The Bertz CT molecular complexity index is 1340. The number of carbonyl (C=O) groups is 2. The zero-order valence-corrected chi connectivity index (χ0v) is 21.8. The van der Waals surface area contributed by atoms with Crippen LogP contribution in [0.5, 0.6) is 0 Å². The van der Waals surface area contributed by atoms with E-state index in [2.05, 4.69) is 19.9 Å². The van der Waals surface area contributed by atoms with Crippen LogP contribution in [0.3, 0.4) is 0 Å². The second-order valence-corrected chi connectivity index (χ2v) is 11.6. The molecule has 0 saturated heterocycles. The summed E-state index contributed by atoms with van der Waals surface area (Å²) in [6.45, 7) is 6.23. The zero-order chi connectivity index (χ0) is 25.6. The molecular formula is C29H31N3O3S. The van der Waals surface area contributed by atoms with Crippen molar-refractivity contribution in [3.8, 4) is 6.07 Å². The Hall–Kier alpha value is -3.37. The maximum absolute atomic E-state index is 13.7. The Labute approximate surface area is 216 Å². The van der Waals surface area contributed by atoms with E-state index in [1.165, 1.54) is 4.88 Å². The van der Waals surface area contributed by atoms with Crippen molar-refractivity contribution in [1.29, 1.82) is 5.26 Å². The van der Waals surface area contributed by atoms with E-state index in [0.717, 1.165) is 42.5 Å². The molecule has 0 fully saturated rings. The number of rotatable bonds is 4. The van der Waals surface area contributed by atoms with Crippen molar-refractivity contribution in [2.45, 2.75) is 65.2 Å². The molecule has 1 aliphatic heterocycles. The predicted molar refractivity (Wildman–Crippen MR) is 140 cm³/mol. The molecule has 1 unspecified atom stereocenters. The Morgan fingerprint density at radius 3 is 2.64 bits per heavy atom. The second-order valence-electron chi connectivity index (χ2n) is 10.5. The number of aryl methyl sites for hydroxylation is 1. The molecule has 2 aliphatic carbocycles. The number of ketones is 1. The number of Topliss-reactive ketones (excluding diaryl/α,β-unsaturated/α-hetero) is 1. The molecule has 0 saturated carbocycles. The van der Waals surface area contributed by atoms with E-state index < -0.39 is 5.92 Å². The van der Waals surface area contributed by atoms with E-state index >= 15 is 0 Å². The van der Waals surface area contributed by atoms with Crippen LogP contribution >= 0.6 is 11.3 Å². The number of hydrogen-bond donors (Lipinski definition) is 1. The van der Waals surface area contributed by atoms with Gasteiger partial charge in [-0.2, -0.15) is 5.26 Å². The molecule has 36 heavy (non-hydrogen) atoms. The third-order valence-corrected chi connectivity index (χ3v) is 8.63. The highest BCUT2D eigenvalue weighted by Gasteiger charge is 2.46. The van der Waals surface area contributed by atoms with Gasteiger partial charge in [0.1, 0.15) is 10.8 Å². The second kappa shape index (κ2) is 9.25. The van der Waals surface area contributed by atoms with Crippen molar-refractivity contribution in [1.82, 2.24) is 0 Å². The summed E-state index contributed by atoms with van der Waals surface area (Å²) in [4.78, 5) is 30.0. The van der Waals surface area contributed by atoms with E-state index in [0.29, 0.717) is 40.4 Å². The van der Waals surface area contributed by atoms with Crippen LogP contribution in [-0.2, 0) is 22.4 Å². The van der Waals surface area contributed by atoms with Gasteiger partial charge in [-0.25, -0.2) is 4.79 Å². The molecule has 0 amide bonds. The predicted octanol–water partition coefficient (Wildman–Crippen LogP) is 5.74. The monoisotopic (exact) mass is 501 g/mol. The molecule has 6 nitrogen and oxygen atoms in total. The van der Waals surface area contributed by atoms with E-state index in [-0.39, 0.29) is 23.8 Å². The first-order valence-corrected chi connectivity index (χ1v) is 13.4. The topological polar surface area (TPSA) is 96.4 Å². The van der Waals surface area contributed by atoms with E-state index in [1.807, 2.05) is 35.2 Å². The van der Waals surface area contributed by atoms with Gasteiger partial charge in [0, 0.05) is 22.6 Å². The van der Waals surface area contributed by atoms with Crippen molar-refractivity contribution in [2.24, 2.45) is 11.1 Å². The number of nitrogens with zero attached hydrogens (tertiary/aromatic N) is 2. The maximum Gasteiger partial charge on any atom is 0.341 e. The fourth-order valence-electron chi connectivity index (χ4n) is 5.84. The summed E-state index contributed by atoms with van der Waals surface area (Å²) >= 11 is 1.55. The third kappa shape index (κ3) is 3.94. The summed E-state index contributed by atoms with van der Waals surface area (Å²) in [7, 11) is 0. The van der Waals surface area contributed by atoms with Gasteiger partial charge in [0.15, 0.2) is 5.78 Å². The Kier molecular flexibility index (Phi) is 6.25. The number of hydrogen-bond acceptors (Lipinski definition) is 7. The molecule has 2 heterocycles. The number of thiophene rings is 1. The Morgan fingerprint density at radius 2 is 1.94 bits per heavy atom. The van der Waals surface area contributed by atoms with Gasteiger partial charge in [-0.1, -0.05) is 44.2 Å². The summed E-state index contributed by atoms with van der Waals surface area (Å²) in [5.74, 6) is -0.572. The number of allylic oxidation sites excluding steroid dienone is 3. The first-order valence-electron chi connectivity index (χ1n) is 12.6. The minimum Gasteiger partial charge on any atom is -0.462 e. The van der Waals surface area contributed by atoms with Crippen LogP contribution in [-0.4, -0.2) is 18.4 Å². The quantitative estimate of drug-likeness (QED) is 0.536. The number of carbonyl (C=O) groups excluding carboxylic acids is 2. The molecule has 2 N–H and O–H groups in total. The SMILES string of the molecule is CCOC(=O)c1c(N2C(N)=C(C#N)C(c3ccccc3)C3=C2CC(C)(C)CC3=O)sc2c1CCCC2. The zero-order valence-electron chi connectivity index (χ0n) is 21.0. The van der Waals surface area contributed by atoms with Crippen LogP contribution in [0, 0.1) is 16.7 Å². The smallest absolute Gasteiger partial charge is 0.341 e. The van der Waals surface area contributed by atoms with Gasteiger partial charge in [0.05, 0.1) is 29.7 Å². The molecule has 5 rings (SSSR count). The van der Waals surface area contributed by atoms with Gasteiger partial charge < -0.3 is 10.5 Å². The van der Waals surface area contributed by atoms with Crippen LogP contribution in [0.1, 0.15) is 78.7 Å². The molecule has 0 radical (unpaired) electrons. The van der Waals surface area contributed by atoms with Crippen molar-refractivity contribution >= 4 is 28.1 Å². The normalized spacial score (nSPS) is 21.1. The number of esters is 1. The maximum atomic E-state index is 13.7. The average molecular weight is 502 g/mol.